The lowest BCUT2D eigenvalue weighted by Crippen LogP contribution is -2.63. The van der Waals surface area contributed by atoms with Crippen molar-refractivity contribution in [1.82, 2.24) is 14.8 Å². The van der Waals surface area contributed by atoms with Crippen LogP contribution in [0.25, 0.3) is 0 Å². The number of likely N-dealkylation sites (tertiary alicyclic amines) is 1. The summed E-state index contributed by atoms with van der Waals surface area (Å²) in [6, 6.07) is 7.73. The van der Waals surface area contributed by atoms with Crippen molar-refractivity contribution in [3.63, 3.8) is 0 Å². The fourth-order valence-corrected chi connectivity index (χ4v) is 5.24. The number of aryl methyl sites for hydroxylation is 1. The number of fused-ring (bicyclic) bond motifs is 2. The highest BCUT2D eigenvalue weighted by molar-refractivity contribution is 5.95. The Labute approximate surface area is 190 Å². The first-order valence-electron chi connectivity index (χ1n) is 11.6. The number of ether oxygens (including phenoxy) is 1. The molecule has 0 bridgehead atoms. The van der Waals surface area contributed by atoms with Crippen molar-refractivity contribution >= 4 is 11.7 Å². The maximum Gasteiger partial charge on any atom is 0.253 e. The van der Waals surface area contributed by atoms with Crippen LogP contribution in [-0.4, -0.2) is 45.9 Å². The second kappa shape index (κ2) is 8.07. The maximum atomic E-state index is 13.2. The third-order valence-electron chi connectivity index (χ3n) is 6.63. The van der Waals surface area contributed by atoms with Crippen molar-refractivity contribution in [1.29, 1.82) is 0 Å². The van der Waals surface area contributed by atoms with Gasteiger partial charge >= 0.3 is 0 Å². The Hall–Kier alpha value is -2.60. The standard InChI is InChI=1S/C26H35N3O3/c1-17(2)32-22-8-7-20(13-18(22)3)24(31)28-11-9-26(10-12-28)23-14-21(19(4)30)15-29(23)16-25(5,6)27-26/h7-8,13-15,17,27H,9-12,16H2,1-6H3. The summed E-state index contributed by atoms with van der Waals surface area (Å²) in [6.45, 7) is 14.2. The molecule has 4 rings (SSSR count). The number of hydrogen-bond acceptors (Lipinski definition) is 4. The number of hydrogen-bond donors (Lipinski definition) is 1. The van der Waals surface area contributed by atoms with E-state index in [0.717, 1.165) is 36.3 Å². The molecule has 2 aliphatic heterocycles. The van der Waals surface area contributed by atoms with Crippen molar-refractivity contribution in [3.8, 4) is 5.75 Å². The number of nitrogens with one attached hydrogen (secondary N) is 1. The second-order valence-corrected chi connectivity index (χ2v) is 10.3. The van der Waals surface area contributed by atoms with Crippen molar-refractivity contribution in [2.24, 2.45) is 0 Å². The zero-order valence-corrected chi connectivity index (χ0v) is 20.1. The number of Topliss-reactive ketones (excluding diaryl/α,β-unsaturated/α-hetero) is 1. The molecule has 2 aromatic rings. The van der Waals surface area contributed by atoms with Gasteiger partial charge in [-0.3, -0.25) is 14.9 Å². The number of nitrogens with zero attached hydrogens (tertiary/aromatic N) is 2. The van der Waals surface area contributed by atoms with Crippen LogP contribution >= 0.6 is 0 Å². The van der Waals surface area contributed by atoms with Crippen molar-refractivity contribution < 1.29 is 14.3 Å². The average molecular weight is 438 g/mol. The maximum absolute atomic E-state index is 13.2. The van der Waals surface area contributed by atoms with E-state index in [4.69, 9.17) is 4.74 Å². The molecule has 0 radical (unpaired) electrons. The molecule has 6 nitrogen and oxygen atoms in total. The molecule has 0 unspecified atom stereocenters. The van der Waals surface area contributed by atoms with Crippen LogP contribution in [0.1, 0.15) is 79.4 Å². The van der Waals surface area contributed by atoms with E-state index >= 15 is 0 Å². The number of piperidine rings is 1. The minimum atomic E-state index is -0.225. The number of rotatable bonds is 4. The fourth-order valence-electron chi connectivity index (χ4n) is 5.24. The Balaban J connectivity index is 1.53. The fraction of sp³-hybridized carbons (Fsp3) is 0.538. The third-order valence-corrected chi connectivity index (χ3v) is 6.63. The van der Waals surface area contributed by atoms with E-state index in [1.54, 1.807) is 6.92 Å². The number of benzene rings is 1. The van der Waals surface area contributed by atoms with Gasteiger partial charge in [0.05, 0.1) is 11.6 Å². The van der Waals surface area contributed by atoms with E-state index in [9.17, 15) is 9.59 Å². The molecule has 172 valence electrons. The van der Waals surface area contributed by atoms with E-state index in [1.807, 2.05) is 56.1 Å². The number of amides is 1. The molecular weight excluding hydrogens is 402 g/mol. The van der Waals surface area contributed by atoms with Crippen LogP contribution in [0.2, 0.25) is 0 Å². The lowest BCUT2D eigenvalue weighted by Gasteiger charge is -2.51. The van der Waals surface area contributed by atoms with Gasteiger partial charge in [-0.25, -0.2) is 0 Å². The predicted octanol–water partition coefficient (Wildman–Crippen LogP) is 4.30. The van der Waals surface area contributed by atoms with Gasteiger partial charge in [-0.1, -0.05) is 0 Å². The van der Waals surface area contributed by atoms with Crippen molar-refractivity contribution in [2.45, 2.75) is 78.1 Å². The Kier molecular flexibility index (Phi) is 5.70. The number of ketones is 1. The first-order chi connectivity index (χ1) is 15.0. The number of carbonyl (C=O) groups is 2. The van der Waals surface area contributed by atoms with Crippen LogP contribution in [-0.2, 0) is 12.1 Å². The summed E-state index contributed by atoms with van der Waals surface area (Å²) in [5.74, 6) is 0.978. The number of carbonyl (C=O) groups excluding carboxylic acids is 2. The average Bonchev–Trinajstić information content (AvgIpc) is 3.13. The summed E-state index contributed by atoms with van der Waals surface area (Å²) in [5, 5.41) is 3.86. The van der Waals surface area contributed by atoms with E-state index in [1.165, 1.54) is 5.69 Å². The molecule has 1 amide bonds. The van der Waals surface area contributed by atoms with Crippen molar-refractivity contribution in [3.05, 3.63) is 52.8 Å². The predicted molar refractivity (Wildman–Crippen MR) is 125 cm³/mol. The summed E-state index contributed by atoms with van der Waals surface area (Å²) in [4.78, 5) is 27.2. The molecule has 3 heterocycles. The van der Waals surface area contributed by atoms with Gasteiger partial charge in [-0.15, -0.1) is 0 Å². The molecule has 0 aliphatic carbocycles. The normalized spacial score (nSPS) is 19.2. The Morgan fingerprint density at radius 1 is 1.09 bits per heavy atom. The first kappa shape index (κ1) is 22.6. The summed E-state index contributed by atoms with van der Waals surface area (Å²) >= 11 is 0. The van der Waals surface area contributed by atoms with Crippen LogP contribution in [0.15, 0.2) is 30.5 Å². The molecule has 0 atom stereocenters. The lowest BCUT2D eigenvalue weighted by molar-refractivity contribution is 0.0521. The van der Waals surface area contributed by atoms with Gasteiger partial charge in [0.2, 0.25) is 0 Å². The van der Waals surface area contributed by atoms with Gasteiger partial charge in [0.1, 0.15) is 5.75 Å². The van der Waals surface area contributed by atoms with Gasteiger partial charge < -0.3 is 14.2 Å². The molecule has 0 saturated carbocycles. The Morgan fingerprint density at radius 2 is 1.78 bits per heavy atom. The van der Waals surface area contributed by atoms with Gasteiger partial charge in [0, 0.05) is 48.2 Å². The highest BCUT2D eigenvalue weighted by atomic mass is 16.5. The molecule has 6 heteroatoms. The number of aromatic nitrogens is 1. The SMILES string of the molecule is CC(=O)c1cc2n(c1)CC(C)(C)NC21CCN(C(=O)c2ccc(OC(C)C)c(C)c2)CC1. The van der Waals surface area contributed by atoms with Crippen LogP contribution in [0.4, 0.5) is 0 Å². The zero-order chi connectivity index (χ0) is 23.3. The zero-order valence-electron chi connectivity index (χ0n) is 20.1. The van der Waals surface area contributed by atoms with E-state index < -0.39 is 0 Å². The molecular formula is C26H35N3O3. The molecule has 1 saturated heterocycles. The van der Waals surface area contributed by atoms with Crippen LogP contribution in [0.3, 0.4) is 0 Å². The minimum absolute atomic E-state index is 0.0638. The monoisotopic (exact) mass is 437 g/mol. The van der Waals surface area contributed by atoms with Gasteiger partial charge in [0.25, 0.3) is 5.91 Å². The van der Waals surface area contributed by atoms with Gasteiger partial charge in [0.15, 0.2) is 5.78 Å². The van der Waals surface area contributed by atoms with E-state index in [-0.39, 0.29) is 28.9 Å². The first-order valence-corrected chi connectivity index (χ1v) is 11.6. The van der Waals surface area contributed by atoms with Crippen LogP contribution in [0, 0.1) is 6.92 Å². The van der Waals surface area contributed by atoms with Gasteiger partial charge in [-0.2, -0.15) is 0 Å². The molecule has 1 fully saturated rings. The molecule has 1 aromatic heterocycles. The summed E-state index contributed by atoms with van der Waals surface area (Å²) in [6.07, 6.45) is 3.72. The molecule has 1 aromatic carbocycles. The molecule has 32 heavy (non-hydrogen) atoms. The molecule has 1 spiro atoms. The van der Waals surface area contributed by atoms with Crippen molar-refractivity contribution in [2.75, 3.05) is 13.1 Å². The van der Waals surface area contributed by atoms with E-state index in [0.29, 0.717) is 18.7 Å². The van der Waals surface area contributed by atoms with E-state index in [2.05, 4.69) is 23.7 Å². The molecule has 2 aliphatic rings. The summed E-state index contributed by atoms with van der Waals surface area (Å²) in [7, 11) is 0. The largest absolute Gasteiger partial charge is 0.491 e. The third kappa shape index (κ3) is 4.20. The quantitative estimate of drug-likeness (QED) is 0.725. The molecule has 1 N–H and O–H groups in total. The highest BCUT2D eigenvalue weighted by Gasteiger charge is 2.46. The summed E-state index contributed by atoms with van der Waals surface area (Å²) < 4.78 is 8.05. The Bertz CT molecular complexity index is 1040. The topological polar surface area (TPSA) is 63.6 Å². The van der Waals surface area contributed by atoms with Crippen LogP contribution in [0.5, 0.6) is 5.75 Å². The Morgan fingerprint density at radius 3 is 2.38 bits per heavy atom. The second-order valence-electron chi connectivity index (χ2n) is 10.3. The minimum Gasteiger partial charge on any atom is -0.491 e. The lowest BCUT2D eigenvalue weighted by atomic mass is 9.79. The van der Waals surface area contributed by atoms with Gasteiger partial charge in [-0.05, 0) is 84.2 Å². The van der Waals surface area contributed by atoms with Crippen LogP contribution < -0.4 is 10.1 Å². The smallest absolute Gasteiger partial charge is 0.253 e. The highest BCUT2D eigenvalue weighted by Crippen LogP contribution is 2.40. The summed E-state index contributed by atoms with van der Waals surface area (Å²) in [5.41, 5.74) is 3.29.